The van der Waals surface area contributed by atoms with Gasteiger partial charge in [-0.3, -0.25) is 36.6 Å². The summed E-state index contributed by atoms with van der Waals surface area (Å²) in [5, 5.41) is 25.5. The minimum absolute atomic E-state index is 0.0595. The van der Waals surface area contributed by atoms with Gasteiger partial charge in [-0.25, -0.2) is 0 Å². The van der Waals surface area contributed by atoms with E-state index in [0.717, 1.165) is 83.5 Å². The maximum atomic E-state index is 13.5. The van der Waals surface area contributed by atoms with Crippen molar-refractivity contribution in [3.05, 3.63) is 138 Å². The molecule has 0 amide bonds. The van der Waals surface area contributed by atoms with Crippen LogP contribution < -0.4 is 0 Å². The van der Waals surface area contributed by atoms with Gasteiger partial charge in [-0.05, 0) is 159 Å². The maximum Gasteiger partial charge on any atom is 0.346 e. The lowest BCUT2D eigenvalue weighted by Crippen LogP contribution is -2.96. The summed E-state index contributed by atoms with van der Waals surface area (Å²) >= 11 is 0. The summed E-state index contributed by atoms with van der Waals surface area (Å²) in [7, 11) is -4.92. The predicted octanol–water partition coefficient (Wildman–Crippen LogP) is 22.2. The van der Waals surface area contributed by atoms with Crippen LogP contribution in [0, 0.1) is 16.2 Å². The summed E-state index contributed by atoms with van der Waals surface area (Å²) in [6, 6.07) is 19.1. The molecule has 4 unspecified atom stereocenters. The molecule has 8 aliphatic rings. The highest BCUT2D eigenvalue weighted by atomic mass is 31.2. The fourth-order valence-electron chi connectivity index (χ4n) is 15.9. The molecule has 8 aliphatic heterocycles. The van der Waals surface area contributed by atoms with Crippen molar-refractivity contribution in [2.75, 3.05) is 13.2 Å². The molecule has 0 radical (unpaired) electrons. The lowest BCUT2D eigenvalue weighted by Gasteiger charge is -2.82. The number of aliphatic hydroxyl groups is 2. The summed E-state index contributed by atoms with van der Waals surface area (Å²) in [5.74, 6) is -11.4. The van der Waals surface area contributed by atoms with Crippen LogP contribution >= 0.6 is 17.2 Å². The fraction of sp³-hybridized carbons (Fsp3) is 0.711. The van der Waals surface area contributed by atoms with Gasteiger partial charge in [-0.15, -0.1) is 0 Å². The zero-order valence-electron chi connectivity index (χ0n) is 66.7. The molecule has 4 aromatic carbocycles. The topological polar surface area (TPSA) is 133 Å². The van der Waals surface area contributed by atoms with E-state index in [0.29, 0.717) is 5.56 Å². The Labute approximate surface area is 588 Å². The molecule has 12 rings (SSSR count). The molecule has 2 N–H and O–H groups in total. The molecule has 540 valence electrons. The van der Waals surface area contributed by atoms with Gasteiger partial charge in [0.25, 0.3) is 0 Å². The van der Waals surface area contributed by atoms with Gasteiger partial charge in [0.1, 0.15) is 0 Å². The van der Waals surface area contributed by atoms with Crippen LogP contribution in [-0.2, 0) is 107 Å². The van der Waals surface area contributed by atoms with Gasteiger partial charge in [0.2, 0.25) is 17.0 Å². The van der Waals surface area contributed by atoms with E-state index in [2.05, 4.69) is 284 Å². The van der Waals surface area contributed by atoms with Gasteiger partial charge in [0.15, 0.2) is 5.60 Å². The Morgan fingerprint density at radius 1 is 0.309 bits per heavy atom. The molecular weight excluding hydrogens is 1250 g/mol. The average Bonchev–Trinajstić information content (AvgIpc) is 0.598. The molecule has 8 fully saturated rings. The minimum Gasteiger partial charge on any atom is -0.396 e. The van der Waals surface area contributed by atoms with Gasteiger partial charge < -0.3 is 19.7 Å². The van der Waals surface area contributed by atoms with Crippen molar-refractivity contribution in [2.24, 2.45) is 16.2 Å². The smallest absolute Gasteiger partial charge is 0.346 e. The second kappa shape index (κ2) is 23.1. The van der Waals surface area contributed by atoms with E-state index in [1.165, 1.54) is 0 Å². The first-order valence-electron chi connectivity index (χ1n) is 36.2. The van der Waals surface area contributed by atoms with Gasteiger partial charge in [0, 0.05) is 16.5 Å². The lowest BCUT2D eigenvalue weighted by molar-refractivity contribution is -0.736. The molecule has 8 saturated heterocycles. The highest BCUT2D eigenvalue weighted by Gasteiger charge is 3.05. The lowest BCUT2D eigenvalue weighted by atomic mass is 9.47. The number of rotatable bonds is 12. The van der Waals surface area contributed by atoms with E-state index in [1.54, 1.807) is 0 Å². The van der Waals surface area contributed by atoms with E-state index >= 15 is 0 Å². The van der Waals surface area contributed by atoms with Crippen LogP contribution in [0.15, 0.2) is 48.5 Å². The van der Waals surface area contributed by atoms with E-state index < -0.39 is 125 Å². The van der Waals surface area contributed by atoms with Crippen LogP contribution in [0.2, 0.25) is 0 Å². The zero-order valence-corrected chi connectivity index (χ0v) is 68.5. The zero-order chi connectivity index (χ0) is 73.3. The molecule has 0 saturated carbocycles. The average molecular weight is 1380 g/mol. The molecule has 8 heterocycles. The van der Waals surface area contributed by atoms with Crippen molar-refractivity contribution in [1.29, 1.82) is 0 Å². The summed E-state index contributed by atoms with van der Waals surface area (Å²) < 4.78 is 83.0. The third kappa shape index (κ3) is 11.2. The van der Waals surface area contributed by atoms with E-state index in [4.69, 9.17) is 36.6 Å². The second-order valence-corrected chi connectivity index (χ2v) is 42.4. The molecule has 5 bridgehead atoms. The van der Waals surface area contributed by atoms with Crippen molar-refractivity contribution >= 4 is 17.2 Å². The van der Waals surface area contributed by atoms with E-state index in [9.17, 15) is 19.7 Å². The van der Waals surface area contributed by atoms with Crippen LogP contribution in [0.3, 0.4) is 0 Å². The molecule has 97 heavy (non-hydrogen) atoms. The van der Waals surface area contributed by atoms with Crippen molar-refractivity contribution < 1.29 is 56.3 Å². The Balaban J connectivity index is 1.78. The third-order valence-corrected chi connectivity index (χ3v) is 24.2. The SMILES string of the molecule is CC(C)c1cc(C(C)(C)C)c(C2(C(C)(C)CO)OC3(c4c(C(C)(C)C)cc(C(C)C)cc4C(C)(C)C)OP4OC5(O4)OC4(C(C)(C)CO)OP6OC(O6)(O4)C53C(c3c(C(C)(C)C)cc(C(C)C)cc3C(C)(C)C)(c3c(C(C)(C)C)cc(C(C)C)cc3C(C)(C)C)O2)c(C(C)(C)C)c1. The number of benzene rings is 4. The molecule has 14 heteroatoms. The number of hydrogen-bond donors (Lipinski definition) is 2. The summed E-state index contributed by atoms with van der Waals surface area (Å²) in [6.45, 7) is 80.1. The van der Waals surface area contributed by atoms with Crippen molar-refractivity contribution in [2.45, 2.75) is 351 Å². The Hall–Kier alpha value is -2.74. The second-order valence-electron chi connectivity index (χ2n) is 40.4. The largest absolute Gasteiger partial charge is 0.396 e. The normalized spacial score (nSPS) is 28.7. The summed E-state index contributed by atoms with van der Waals surface area (Å²) in [4.78, 5) is 0. The van der Waals surface area contributed by atoms with Crippen LogP contribution in [0.5, 0.6) is 0 Å². The number of ether oxygens (including phenoxy) is 4. The molecule has 3 spiro atoms. The van der Waals surface area contributed by atoms with Crippen LogP contribution in [0.25, 0.3) is 0 Å². The van der Waals surface area contributed by atoms with E-state index in [-0.39, 0.29) is 23.7 Å². The standard InChI is InChI=1S/C83H126O12P2/c1-47(2)51-37-55(67(9,10)11)63(56(38-51)68(12,13)14)77(64-57(69(15,16)17)39-52(48(3)4)40-58(64)70(18,19)20)80-79(66-61(73(27,28)29)43-54(50(7)8)44-62(66)74(30,31)32,90-96-92-82(80,93-96)88-81(76(35,36)46-85)89-83(80)94-97(91-81)95-83)87-78(86-77,75(33,34)45-84)65-59(71(21,22)23)41-53(49(5)6)42-60(65)72(24,25)26/h37-44,47-50,84-85H,45-46H2,1-36H3. The van der Waals surface area contributed by atoms with E-state index in [1.807, 2.05) is 13.8 Å². The van der Waals surface area contributed by atoms with Gasteiger partial charge in [0.05, 0.1) is 18.6 Å². The Morgan fingerprint density at radius 2 is 0.557 bits per heavy atom. The van der Waals surface area contributed by atoms with Gasteiger partial charge in [-0.1, -0.05) is 284 Å². The Bertz CT molecular complexity index is 3490. The Morgan fingerprint density at radius 3 is 0.804 bits per heavy atom. The number of hydrogen-bond acceptors (Lipinski definition) is 12. The van der Waals surface area contributed by atoms with Crippen LogP contribution in [0.1, 0.15) is 362 Å². The van der Waals surface area contributed by atoms with Crippen LogP contribution in [0.4, 0.5) is 0 Å². The number of aliphatic hydroxyl groups excluding tert-OH is 2. The summed E-state index contributed by atoms with van der Waals surface area (Å²) in [6.07, 6.45) is 0. The maximum absolute atomic E-state index is 13.5. The van der Waals surface area contributed by atoms with Crippen LogP contribution in [-0.4, -0.2) is 41.3 Å². The molecular formula is C83H126O12P2. The monoisotopic (exact) mass is 1380 g/mol. The van der Waals surface area contributed by atoms with Crippen molar-refractivity contribution in [3.63, 3.8) is 0 Å². The third-order valence-electron chi connectivity index (χ3n) is 21.9. The first-order valence-corrected chi connectivity index (χ1v) is 38.4. The first kappa shape index (κ1) is 76.9. The van der Waals surface area contributed by atoms with Gasteiger partial charge in [-0.2, -0.15) is 0 Å². The first-order chi connectivity index (χ1) is 43.6. The molecule has 12 nitrogen and oxygen atoms in total. The van der Waals surface area contributed by atoms with Crippen molar-refractivity contribution in [1.82, 2.24) is 0 Å². The molecule has 0 aliphatic carbocycles. The quantitative estimate of drug-likeness (QED) is 0.131. The predicted molar refractivity (Wildman–Crippen MR) is 393 cm³/mol. The molecule has 4 aromatic rings. The minimum atomic E-state index is -2.53. The van der Waals surface area contributed by atoms with Crippen molar-refractivity contribution in [3.8, 4) is 0 Å². The molecule has 4 atom stereocenters. The Kier molecular flexibility index (Phi) is 18.3. The molecule has 0 aromatic heterocycles. The van der Waals surface area contributed by atoms with Gasteiger partial charge >= 0.3 is 35.1 Å². The highest BCUT2D eigenvalue weighted by molar-refractivity contribution is 7.43. The fourth-order valence-corrected chi connectivity index (χ4v) is 18.6. The summed E-state index contributed by atoms with van der Waals surface area (Å²) in [5.41, 5.74) is 2.05. The highest BCUT2D eigenvalue weighted by Crippen LogP contribution is 2.94.